The molecule has 0 heterocycles. The van der Waals surface area contributed by atoms with Crippen molar-refractivity contribution in [2.75, 3.05) is 13.2 Å². The van der Waals surface area contributed by atoms with E-state index in [4.69, 9.17) is 14.2 Å². The number of amides is 2. The molecule has 1 aromatic rings. The van der Waals surface area contributed by atoms with Crippen molar-refractivity contribution in [2.45, 2.75) is 58.1 Å². The summed E-state index contributed by atoms with van der Waals surface area (Å²) in [4.78, 5) is 37.1. The van der Waals surface area contributed by atoms with Gasteiger partial charge in [0.25, 0.3) is 0 Å². The average Bonchev–Trinajstić information content (AvgIpc) is 2.68. The van der Waals surface area contributed by atoms with E-state index < -0.39 is 41.8 Å². The summed E-state index contributed by atoms with van der Waals surface area (Å²) in [5.41, 5.74) is 0.112. The molecule has 0 aliphatic carbocycles. The second-order valence-electron chi connectivity index (χ2n) is 7.85. The van der Waals surface area contributed by atoms with Gasteiger partial charge in [-0.2, -0.15) is 0 Å². The third-order valence-corrected chi connectivity index (χ3v) is 3.78. The maximum atomic E-state index is 12.8. The lowest BCUT2D eigenvalue weighted by Gasteiger charge is -2.25. The highest BCUT2D eigenvalue weighted by Gasteiger charge is 2.31. The van der Waals surface area contributed by atoms with E-state index in [-0.39, 0.29) is 19.8 Å². The maximum absolute atomic E-state index is 12.8. The maximum Gasteiger partial charge on any atom is 0.408 e. The first-order valence-corrected chi connectivity index (χ1v) is 9.90. The van der Waals surface area contributed by atoms with Crippen LogP contribution in [0.25, 0.3) is 0 Å². The lowest BCUT2D eigenvalue weighted by molar-refractivity contribution is -0.150. The molecule has 0 bridgehead atoms. The van der Waals surface area contributed by atoms with E-state index in [0.717, 1.165) is 5.56 Å². The topological polar surface area (TPSA) is 123 Å². The zero-order valence-electron chi connectivity index (χ0n) is 18.4. The van der Waals surface area contributed by atoms with Gasteiger partial charge in [-0.1, -0.05) is 43.0 Å². The van der Waals surface area contributed by atoms with E-state index >= 15 is 0 Å². The molecule has 0 radical (unpaired) electrons. The molecule has 172 valence electrons. The van der Waals surface area contributed by atoms with Crippen molar-refractivity contribution in [2.24, 2.45) is 0 Å². The monoisotopic (exact) mass is 436 g/mol. The van der Waals surface area contributed by atoms with Crippen molar-refractivity contribution < 1.29 is 33.7 Å². The minimum atomic E-state index is -1.33. The molecule has 3 atom stereocenters. The summed E-state index contributed by atoms with van der Waals surface area (Å²) in [5, 5.41) is 14.7. The quantitative estimate of drug-likeness (QED) is 0.356. The van der Waals surface area contributed by atoms with Gasteiger partial charge in [-0.25, -0.2) is 9.59 Å². The molecule has 0 spiro atoms. The van der Waals surface area contributed by atoms with Gasteiger partial charge in [0.2, 0.25) is 5.91 Å². The molecule has 9 heteroatoms. The Hall–Kier alpha value is -2.91. The number of carbonyl (C=O) groups excluding carboxylic acids is 3. The molecule has 9 nitrogen and oxygen atoms in total. The van der Waals surface area contributed by atoms with E-state index in [2.05, 4.69) is 17.2 Å². The molecule has 0 saturated carbocycles. The highest BCUT2D eigenvalue weighted by atomic mass is 16.6. The molecule has 31 heavy (non-hydrogen) atoms. The van der Waals surface area contributed by atoms with E-state index in [9.17, 15) is 19.5 Å². The number of aliphatic hydroxyl groups excluding tert-OH is 1. The summed E-state index contributed by atoms with van der Waals surface area (Å²) in [6, 6.07) is 6.78. The standard InChI is InChI=1S/C22H32N2O7/c1-6-12-30-20(27)18(15(2)25)24-19(26)17(23-21(28)31-22(3,4)5)14-29-13-16-10-8-7-9-11-16/h6-11,15,17-18,25H,1,12-14H2,2-5H3,(H,23,28)(H,24,26)/t15?,17-,18?/m0/s1. The summed E-state index contributed by atoms with van der Waals surface area (Å²) < 4.78 is 15.7. The largest absolute Gasteiger partial charge is 0.460 e. The van der Waals surface area contributed by atoms with Crippen molar-refractivity contribution in [3.63, 3.8) is 0 Å². The molecule has 1 rings (SSSR count). The molecule has 0 aromatic heterocycles. The predicted octanol–water partition coefficient (Wildman–Crippen LogP) is 1.69. The number of carbonyl (C=O) groups is 3. The first kappa shape index (κ1) is 26.1. The van der Waals surface area contributed by atoms with Crippen molar-refractivity contribution in [3.8, 4) is 0 Å². The minimum Gasteiger partial charge on any atom is -0.460 e. The smallest absolute Gasteiger partial charge is 0.408 e. The van der Waals surface area contributed by atoms with Crippen LogP contribution in [-0.2, 0) is 30.4 Å². The summed E-state index contributed by atoms with van der Waals surface area (Å²) in [6.45, 7) is 9.79. The van der Waals surface area contributed by atoms with Crippen LogP contribution in [0.15, 0.2) is 43.0 Å². The van der Waals surface area contributed by atoms with Gasteiger partial charge in [0.05, 0.1) is 19.3 Å². The van der Waals surface area contributed by atoms with Crippen LogP contribution in [0.5, 0.6) is 0 Å². The van der Waals surface area contributed by atoms with Crippen LogP contribution >= 0.6 is 0 Å². The summed E-state index contributed by atoms with van der Waals surface area (Å²) in [5.74, 6) is -1.56. The Balaban J connectivity index is 2.85. The van der Waals surface area contributed by atoms with Gasteiger partial charge in [-0.3, -0.25) is 4.79 Å². The molecule has 0 aliphatic heterocycles. The minimum absolute atomic E-state index is 0.0717. The zero-order chi connectivity index (χ0) is 23.4. The van der Waals surface area contributed by atoms with E-state index in [1.807, 2.05) is 30.3 Å². The van der Waals surface area contributed by atoms with Crippen LogP contribution in [0, 0.1) is 0 Å². The van der Waals surface area contributed by atoms with Gasteiger partial charge in [0.15, 0.2) is 6.04 Å². The van der Waals surface area contributed by atoms with Gasteiger partial charge in [-0.15, -0.1) is 0 Å². The van der Waals surface area contributed by atoms with Crippen LogP contribution < -0.4 is 10.6 Å². The number of rotatable bonds is 11. The zero-order valence-corrected chi connectivity index (χ0v) is 18.4. The molecule has 3 N–H and O–H groups in total. The van der Waals surface area contributed by atoms with Crippen molar-refractivity contribution in [1.29, 1.82) is 0 Å². The first-order valence-electron chi connectivity index (χ1n) is 9.90. The summed E-state index contributed by atoms with van der Waals surface area (Å²) >= 11 is 0. The predicted molar refractivity (Wildman–Crippen MR) is 114 cm³/mol. The van der Waals surface area contributed by atoms with E-state index in [1.165, 1.54) is 13.0 Å². The Labute approximate surface area is 182 Å². The number of hydrogen-bond donors (Lipinski definition) is 3. The fraction of sp³-hybridized carbons (Fsp3) is 0.500. The lowest BCUT2D eigenvalue weighted by atomic mass is 10.1. The average molecular weight is 437 g/mol. The Kier molecular flexibility index (Phi) is 10.7. The van der Waals surface area contributed by atoms with Crippen LogP contribution in [-0.4, -0.2) is 60.1 Å². The SMILES string of the molecule is C=CCOC(=O)C(NC(=O)[C@H](COCc1ccccc1)NC(=O)OC(C)(C)C)C(C)O. The molecule has 0 fully saturated rings. The second-order valence-corrected chi connectivity index (χ2v) is 7.85. The Bertz CT molecular complexity index is 729. The third kappa shape index (κ3) is 10.6. The van der Waals surface area contributed by atoms with Gasteiger partial charge in [-0.05, 0) is 33.3 Å². The molecule has 2 amide bonds. The molecule has 0 aliphatic rings. The highest BCUT2D eigenvalue weighted by Crippen LogP contribution is 2.08. The number of hydrogen-bond acceptors (Lipinski definition) is 7. The van der Waals surface area contributed by atoms with Crippen LogP contribution in [0.3, 0.4) is 0 Å². The normalized spacial score (nSPS) is 14.0. The first-order chi connectivity index (χ1) is 14.5. The lowest BCUT2D eigenvalue weighted by Crippen LogP contribution is -2.56. The van der Waals surface area contributed by atoms with E-state index in [1.54, 1.807) is 20.8 Å². The van der Waals surface area contributed by atoms with Gasteiger partial charge >= 0.3 is 12.1 Å². The number of aliphatic hydroxyl groups is 1. The molecule has 1 aromatic carbocycles. The molecule has 2 unspecified atom stereocenters. The van der Waals surface area contributed by atoms with E-state index in [0.29, 0.717) is 0 Å². The molecule has 0 saturated heterocycles. The summed E-state index contributed by atoms with van der Waals surface area (Å²) in [7, 11) is 0. The van der Waals surface area contributed by atoms with Crippen LogP contribution in [0.4, 0.5) is 4.79 Å². The Morgan fingerprint density at radius 1 is 1.16 bits per heavy atom. The van der Waals surface area contributed by atoms with Crippen molar-refractivity contribution in [1.82, 2.24) is 10.6 Å². The highest BCUT2D eigenvalue weighted by molar-refractivity contribution is 5.90. The second kappa shape index (κ2) is 12.7. The molecular weight excluding hydrogens is 404 g/mol. The number of esters is 1. The number of nitrogens with one attached hydrogen (secondary N) is 2. The number of ether oxygens (including phenoxy) is 3. The van der Waals surface area contributed by atoms with Crippen LogP contribution in [0.1, 0.15) is 33.3 Å². The Morgan fingerprint density at radius 3 is 2.35 bits per heavy atom. The fourth-order valence-corrected chi connectivity index (χ4v) is 2.36. The molecular formula is C22H32N2O7. The van der Waals surface area contributed by atoms with Gasteiger partial charge in [0, 0.05) is 0 Å². The van der Waals surface area contributed by atoms with Gasteiger partial charge in [0.1, 0.15) is 18.2 Å². The van der Waals surface area contributed by atoms with Crippen LogP contribution in [0.2, 0.25) is 0 Å². The van der Waals surface area contributed by atoms with Gasteiger partial charge < -0.3 is 30.0 Å². The van der Waals surface area contributed by atoms with Crippen molar-refractivity contribution in [3.05, 3.63) is 48.6 Å². The fourth-order valence-electron chi connectivity index (χ4n) is 2.36. The number of alkyl carbamates (subject to hydrolysis) is 1. The Morgan fingerprint density at radius 2 is 1.81 bits per heavy atom. The third-order valence-electron chi connectivity index (χ3n) is 3.78. The van der Waals surface area contributed by atoms with Crippen molar-refractivity contribution >= 4 is 18.0 Å². The summed E-state index contributed by atoms with van der Waals surface area (Å²) in [6.07, 6.45) is -0.684. The number of benzene rings is 1.